The number of hydrogen-bond donors (Lipinski definition) is 1. The fourth-order valence-corrected chi connectivity index (χ4v) is 1.94. The molecule has 1 aromatic carbocycles. The second-order valence-electron chi connectivity index (χ2n) is 4.70. The van der Waals surface area contributed by atoms with Crippen LogP contribution in [0.1, 0.15) is 18.5 Å². The molecular formula is C14H19N5O. The van der Waals surface area contributed by atoms with Crippen LogP contribution in [-0.4, -0.2) is 46.2 Å². The molecule has 0 fully saturated rings. The van der Waals surface area contributed by atoms with E-state index >= 15 is 0 Å². The lowest BCUT2D eigenvalue weighted by atomic mass is 10.1. The van der Waals surface area contributed by atoms with Crippen molar-refractivity contribution in [1.29, 1.82) is 0 Å². The third kappa shape index (κ3) is 3.21. The van der Waals surface area contributed by atoms with Gasteiger partial charge in [0.2, 0.25) is 5.91 Å². The summed E-state index contributed by atoms with van der Waals surface area (Å²) in [6.07, 6.45) is 3.17. The van der Waals surface area contributed by atoms with E-state index in [1.54, 1.807) is 18.1 Å². The van der Waals surface area contributed by atoms with Gasteiger partial charge in [-0.3, -0.25) is 9.69 Å². The third-order valence-electron chi connectivity index (χ3n) is 3.39. The van der Waals surface area contributed by atoms with E-state index < -0.39 is 0 Å². The molecule has 6 nitrogen and oxygen atoms in total. The van der Waals surface area contributed by atoms with Crippen molar-refractivity contribution in [2.24, 2.45) is 0 Å². The van der Waals surface area contributed by atoms with Gasteiger partial charge in [-0.2, -0.15) is 5.10 Å². The van der Waals surface area contributed by atoms with Gasteiger partial charge in [-0.1, -0.05) is 12.1 Å². The molecule has 0 radical (unpaired) electrons. The van der Waals surface area contributed by atoms with Gasteiger partial charge in [-0.25, -0.2) is 9.67 Å². The number of likely N-dealkylation sites (N-methyl/N-ethyl adjacent to an activating group) is 2. The Kier molecular flexibility index (Phi) is 4.47. The average Bonchev–Trinajstić information content (AvgIpc) is 3.00. The Morgan fingerprint density at radius 2 is 2.10 bits per heavy atom. The summed E-state index contributed by atoms with van der Waals surface area (Å²) in [5.74, 6) is 0.0126. The van der Waals surface area contributed by atoms with Crippen LogP contribution in [-0.2, 0) is 4.79 Å². The molecule has 1 aromatic heterocycles. The van der Waals surface area contributed by atoms with Gasteiger partial charge in [-0.15, -0.1) is 0 Å². The number of aromatic nitrogens is 3. The molecule has 0 aliphatic rings. The molecule has 1 N–H and O–H groups in total. The molecule has 2 rings (SSSR count). The Balaban J connectivity index is 2.07. The molecule has 0 saturated heterocycles. The summed E-state index contributed by atoms with van der Waals surface area (Å²) in [4.78, 5) is 17.3. The summed E-state index contributed by atoms with van der Waals surface area (Å²) in [5.41, 5.74) is 2.12. The maximum atomic E-state index is 11.4. The predicted molar refractivity (Wildman–Crippen MR) is 76.5 cm³/mol. The number of carbonyl (C=O) groups is 1. The summed E-state index contributed by atoms with van der Waals surface area (Å²) in [7, 11) is 3.58. The highest BCUT2D eigenvalue weighted by molar-refractivity contribution is 5.77. The van der Waals surface area contributed by atoms with Crippen molar-refractivity contribution in [3.8, 4) is 5.69 Å². The molecule has 20 heavy (non-hydrogen) atoms. The fourth-order valence-electron chi connectivity index (χ4n) is 1.94. The highest BCUT2D eigenvalue weighted by Crippen LogP contribution is 2.19. The van der Waals surface area contributed by atoms with Crippen LogP contribution >= 0.6 is 0 Å². The van der Waals surface area contributed by atoms with Crippen molar-refractivity contribution in [3.05, 3.63) is 42.5 Å². The van der Waals surface area contributed by atoms with Crippen LogP contribution in [0.15, 0.2) is 36.9 Å². The minimum Gasteiger partial charge on any atom is -0.358 e. The van der Waals surface area contributed by atoms with Gasteiger partial charge in [0.1, 0.15) is 12.7 Å². The molecule has 1 amide bonds. The van der Waals surface area contributed by atoms with Crippen molar-refractivity contribution < 1.29 is 4.79 Å². The Labute approximate surface area is 118 Å². The molecule has 6 heteroatoms. The van der Waals surface area contributed by atoms with E-state index in [4.69, 9.17) is 0 Å². The van der Waals surface area contributed by atoms with E-state index in [-0.39, 0.29) is 11.9 Å². The first-order valence-corrected chi connectivity index (χ1v) is 6.47. The van der Waals surface area contributed by atoms with Crippen molar-refractivity contribution in [3.63, 3.8) is 0 Å². The average molecular weight is 273 g/mol. The van der Waals surface area contributed by atoms with Gasteiger partial charge in [0.25, 0.3) is 0 Å². The molecule has 106 valence electrons. The van der Waals surface area contributed by atoms with E-state index in [1.807, 2.05) is 36.2 Å². The normalized spacial score (nSPS) is 12.4. The maximum absolute atomic E-state index is 11.4. The first-order chi connectivity index (χ1) is 9.61. The van der Waals surface area contributed by atoms with Gasteiger partial charge in [0.05, 0.1) is 12.2 Å². The van der Waals surface area contributed by atoms with Gasteiger partial charge < -0.3 is 5.32 Å². The van der Waals surface area contributed by atoms with Crippen molar-refractivity contribution >= 4 is 5.91 Å². The zero-order valence-corrected chi connectivity index (χ0v) is 11.9. The Morgan fingerprint density at radius 3 is 2.65 bits per heavy atom. The first-order valence-electron chi connectivity index (χ1n) is 6.47. The number of nitrogens with one attached hydrogen (secondary N) is 1. The smallest absolute Gasteiger partial charge is 0.233 e. The van der Waals surface area contributed by atoms with Crippen molar-refractivity contribution in [2.45, 2.75) is 13.0 Å². The minimum atomic E-state index is 0.0126. The Morgan fingerprint density at radius 1 is 1.40 bits per heavy atom. The summed E-state index contributed by atoms with van der Waals surface area (Å²) in [6.45, 7) is 2.45. The summed E-state index contributed by atoms with van der Waals surface area (Å²) in [6, 6.07) is 8.24. The number of hydrogen-bond acceptors (Lipinski definition) is 4. The lowest BCUT2D eigenvalue weighted by Gasteiger charge is -2.24. The lowest BCUT2D eigenvalue weighted by Crippen LogP contribution is -2.34. The number of benzene rings is 1. The SMILES string of the molecule is CNC(=O)CN(C)C(C)c1ccc(-n2cncn2)cc1. The predicted octanol–water partition coefficient (Wildman–Crippen LogP) is 1.01. The molecular weight excluding hydrogens is 254 g/mol. The Bertz CT molecular complexity index is 549. The van der Waals surface area contributed by atoms with E-state index in [0.717, 1.165) is 11.3 Å². The minimum absolute atomic E-state index is 0.0126. The molecule has 1 unspecified atom stereocenters. The van der Waals surface area contributed by atoms with Crippen LogP contribution in [0, 0.1) is 0 Å². The quantitative estimate of drug-likeness (QED) is 0.883. The van der Waals surface area contributed by atoms with Crippen LogP contribution < -0.4 is 5.32 Å². The largest absolute Gasteiger partial charge is 0.358 e. The molecule has 0 spiro atoms. The van der Waals surface area contributed by atoms with Crippen molar-refractivity contribution in [1.82, 2.24) is 25.0 Å². The summed E-state index contributed by atoms with van der Waals surface area (Å²) < 4.78 is 1.71. The van der Waals surface area contributed by atoms with Gasteiger partial charge in [0, 0.05) is 13.1 Å². The van der Waals surface area contributed by atoms with Crippen LogP contribution in [0.5, 0.6) is 0 Å². The molecule has 1 heterocycles. The molecule has 0 saturated carbocycles. The number of carbonyl (C=O) groups excluding carboxylic acids is 1. The van der Waals surface area contributed by atoms with Gasteiger partial charge in [0.15, 0.2) is 0 Å². The van der Waals surface area contributed by atoms with Gasteiger partial charge in [-0.05, 0) is 31.7 Å². The molecule has 0 aliphatic carbocycles. The molecule has 0 bridgehead atoms. The topological polar surface area (TPSA) is 63.1 Å². The second-order valence-corrected chi connectivity index (χ2v) is 4.70. The number of nitrogens with zero attached hydrogens (tertiary/aromatic N) is 4. The molecule has 0 aliphatic heterocycles. The molecule has 2 aromatic rings. The van der Waals surface area contributed by atoms with Gasteiger partial charge >= 0.3 is 0 Å². The zero-order valence-electron chi connectivity index (χ0n) is 11.9. The van der Waals surface area contributed by atoms with E-state index in [2.05, 4.69) is 22.3 Å². The lowest BCUT2D eigenvalue weighted by molar-refractivity contribution is -0.121. The van der Waals surface area contributed by atoms with Crippen LogP contribution in [0.3, 0.4) is 0 Å². The second kappa shape index (κ2) is 6.29. The van der Waals surface area contributed by atoms with E-state index in [0.29, 0.717) is 6.54 Å². The molecule has 1 atom stereocenters. The zero-order chi connectivity index (χ0) is 14.5. The maximum Gasteiger partial charge on any atom is 0.233 e. The summed E-state index contributed by atoms with van der Waals surface area (Å²) in [5, 5.41) is 6.72. The fraction of sp³-hybridized carbons (Fsp3) is 0.357. The van der Waals surface area contributed by atoms with Crippen molar-refractivity contribution in [2.75, 3.05) is 20.6 Å². The Hall–Kier alpha value is -2.21. The highest BCUT2D eigenvalue weighted by Gasteiger charge is 2.14. The standard InChI is InChI=1S/C14H19N5O/c1-11(18(3)8-14(20)15-2)12-4-6-13(7-5-12)19-10-16-9-17-19/h4-7,9-11H,8H2,1-3H3,(H,15,20). The van der Waals surface area contributed by atoms with Crippen LogP contribution in [0.2, 0.25) is 0 Å². The number of amides is 1. The first kappa shape index (κ1) is 14.2. The van der Waals surface area contributed by atoms with Crippen LogP contribution in [0.4, 0.5) is 0 Å². The summed E-state index contributed by atoms with van der Waals surface area (Å²) >= 11 is 0. The third-order valence-corrected chi connectivity index (χ3v) is 3.39. The monoisotopic (exact) mass is 273 g/mol. The van der Waals surface area contributed by atoms with Crippen LogP contribution in [0.25, 0.3) is 5.69 Å². The van der Waals surface area contributed by atoms with E-state index in [1.165, 1.54) is 6.33 Å². The van der Waals surface area contributed by atoms with E-state index in [9.17, 15) is 4.79 Å². The highest BCUT2D eigenvalue weighted by atomic mass is 16.1. The number of rotatable bonds is 5.